The van der Waals surface area contributed by atoms with Gasteiger partial charge < -0.3 is 5.32 Å². The summed E-state index contributed by atoms with van der Waals surface area (Å²) >= 11 is 0. The molecule has 1 unspecified atom stereocenters. The Morgan fingerprint density at radius 1 is 1.06 bits per heavy atom. The molecule has 0 fully saturated rings. The number of benzene rings is 2. The van der Waals surface area contributed by atoms with Gasteiger partial charge in [0.25, 0.3) is 0 Å². The van der Waals surface area contributed by atoms with E-state index in [9.17, 15) is 8.78 Å². The Balaban J connectivity index is 2.24. The topological polar surface area (TPSA) is 12.0 Å². The molecule has 2 aromatic carbocycles. The highest BCUT2D eigenvalue weighted by atomic mass is 19.1. The van der Waals surface area contributed by atoms with E-state index in [4.69, 9.17) is 0 Å². The van der Waals surface area contributed by atoms with Crippen LogP contribution in [-0.4, -0.2) is 0 Å². The molecule has 0 aromatic heterocycles. The van der Waals surface area contributed by atoms with Gasteiger partial charge in [0, 0.05) is 11.3 Å². The summed E-state index contributed by atoms with van der Waals surface area (Å²) < 4.78 is 26.8. The second-order valence-corrected chi connectivity index (χ2v) is 4.35. The molecule has 0 heterocycles. The predicted octanol–water partition coefficient (Wildman–Crippen LogP) is 4.45. The average Bonchev–Trinajstić information content (AvgIpc) is 2.34. The minimum Gasteiger partial charge on any atom is -0.378 e. The average molecular weight is 247 g/mol. The molecule has 1 atom stereocenters. The molecule has 1 N–H and O–H groups in total. The lowest BCUT2D eigenvalue weighted by Crippen LogP contribution is -2.09. The Bertz CT molecular complexity index is 552. The molecule has 0 bridgehead atoms. The lowest BCUT2D eigenvalue weighted by atomic mass is 10.1. The Morgan fingerprint density at radius 2 is 1.78 bits per heavy atom. The van der Waals surface area contributed by atoms with Crippen LogP contribution in [0, 0.1) is 18.6 Å². The Kier molecular flexibility index (Phi) is 3.60. The number of rotatable bonds is 3. The molecule has 94 valence electrons. The van der Waals surface area contributed by atoms with E-state index < -0.39 is 0 Å². The summed E-state index contributed by atoms with van der Waals surface area (Å²) in [7, 11) is 0. The molecule has 3 heteroatoms. The zero-order valence-electron chi connectivity index (χ0n) is 10.4. The molecule has 0 aliphatic carbocycles. The molecule has 0 saturated carbocycles. The van der Waals surface area contributed by atoms with Crippen molar-refractivity contribution < 1.29 is 8.78 Å². The van der Waals surface area contributed by atoms with E-state index in [-0.39, 0.29) is 17.7 Å². The summed E-state index contributed by atoms with van der Waals surface area (Å²) in [4.78, 5) is 0. The second kappa shape index (κ2) is 5.17. The molecule has 0 saturated heterocycles. The Hall–Kier alpha value is -1.90. The summed E-state index contributed by atoms with van der Waals surface area (Å²) in [5.74, 6) is -0.560. The number of halogens is 2. The first-order chi connectivity index (χ1) is 8.58. The van der Waals surface area contributed by atoms with Crippen molar-refractivity contribution in [1.29, 1.82) is 0 Å². The van der Waals surface area contributed by atoms with Crippen LogP contribution in [0.4, 0.5) is 14.5 Å². The van der Waals surface area contributed by atoms with E-state index in [1.807, 2.05) is 13.8 Å². The van der Waals surface area contributed by atoms with Crippen LogP contribution >= 0.6 is 0 Å². The van der Waals surface area contributed by atoms with Gasteiger partial charge in [0.15, 0.2) is 0 Å². The zero-order valence-corrected chi connectivity index (χ0v) is 10.4. The Labute approximate surface area is 105 Å². The number of anilines is 1. The van der Waals surface area contributed by atoms with E-state index in [2.05, 4.69) is 5.32 Å². The number of nitrogens with one attached hydrogen (secondary N) is 1. The van der Waals surface area contributed by atoms with Crippen LogP contribution in [0.15, 0.2) is 42.5 Å². The molecule has 0 spiro atoms. The first kappa shape index (κ1) is 12.6. The van der Waals surface area contributed by atoms with Crippen LogP contribution in [0.1, 0.15) is 24.1 Å². The van der Waals surface area contributed by atoms with Crippen molar-refractivity contribution in [2.45, 2.75) is 19.9 Å². The van der Waals surface area contributed by atoms with Crippen molar-refractivity contribution in [2.24, 2.45) is 0 Å². The highest BCUT2D eigenvalue weighted by molar-refractivity contribution is 5.52. The minimum absolute atomic E-state index is 0.216. The highest BCUT2D eigenvalue weighted by Crippen LogP contribution is 2.24. The maximum Gasteiger partial charge on any atom is 0.128 e. The Morgan fingerprint density at radius 3 is 2.50 bits per heavy atom. The zero-order chi connectivity index (χ0) is 13.1. The second-order valence-electron chi connectivity index (χ2n) is 4.35. The number of hydrogen-bond donors (Lipinski definition) is 1. The smallest absolute Gasteiger partial charge is 0.128 e. The predicted molar refractivity (Wildman–Crippen MR) is 69.6 cm³/mol. The summed E-state index contributed by atoms with van der Waals surface area (Å²) in [5.41, 5.74) is 2.19. The van der Waals surface area contributed by atoms with Gasteiger partial charge >= 0.3 is 0 Å². The monoisotopic (exact) mass is 247 g/mol. The van der Waals surface area contributed by atoms with E-state index in [0.717, 1.165) is 5.56 Å². The summed E-state index contributed by atoms with van der Waals surface area (Å²) in [5, 5.41) is 3.13. The van der Waals surface area contributed by atoms with Gasteiger partial charge in [-0.3, -0.25) is 0 Å². The summed E-state index contributed by atoms with van der Waals surface area (Å²) in [6, 6.07) is 10.9. The van der Waals surface area contributed by atoms with Crippen molar-refractivity contribution in [1.82, 2.24) is 0 Å². The lowest BCUT2D eigenvalue weighted by Gasteiger charge is -2.18. The normalized spacial score (nSPS) is 12.2. The third-order valence-corrected chi connectivity index (χ3v) is 2.94. The van der Waals surface area contributed by atoms with Crippen molar-refractivity contribution in [3.8, 4) is 0 Å². The van der Waals surface area contributed by atoms with Gasteiger partial charge in [-0.2, -0.15) is 0 Å². The lowest BCUT2D eigenvalue weighted by molar-refractivity contribution is 0.600. The fraction of sp³-hybridized carbons (Fsp3) is 0.200. The molecular formula is C15H15F2N. The highest BCUT2D eigenvalue weighted by Gasteiger charge is 2.11. The van der Waals surface area contributed by atoms with Crippen LogP contribution in [0.2, 0.25) is 0 Å². The van der Waals surface area contributed by atoms with Gasteiger partial charge in [-0.25, -0.2) is 8.78 Å². The maximum absolute atomic E-state index is 13.6. The SMILES string of the molecule is Cc1ccc(F)cc1NC(C)c1ccccc1F. The van der Waals surface area contributed by atoms with Crippen molar-refractivity contribution >= 4 is 5.69 Å². The maximum atomic E-state index is 13.6. The molecule has 18 heavy (non-hydrogen) atoms. The van der Waals surface area contributed by atoms with Crippen molar-refractivity contribution in [3.63, 3.8) is 0 Å². The van der Waals surface area contributed by atoms with E-state index in [1.165, 1.54) is 18.2 Å². The standard InChI is InChI=1S/C15H15F2N/c1-10-7-8-12(16)9-15(10)18-11(2)13-5-3-4-6-14(13)17/h3-9,11,18H,1-2H3. The van der Waals surface area contributed by atoms with Crippen LogP contribution in [0.25, 0.3) is 0 Å². The van der Waals surface area contributed by atoms with E-state index >= 15 is 0 Å². The van der Waals surface area contributed by atoms with E-state index in [0.29, 0.717) is 11.3 Å². The molecular weight excluding hydrogens is 232 g/mol. The third kappa shape index (κ3) is 2.67. The van der Waals surface area contributed by atoms with Crippen molar-refractivity contribution in [3.05, 3.63) is 65.2 Å². The van der Waals surface area contributed by atoms with E-state index in [1.54, 1.807) is 24.3 Å². The van der Waals surface area contributed by atoms with Crippen LogP contribution in [0.5, 0.6) is 0 Å². The van der Waals surface area contributed by atoms with Gasteiger partial charge in [0.2, 0.25) is 0 Å². The fourth-order valence-corrected chi connectivity index (χ4v) is 1.89. The molecule has 1 nitrogen and oxygen atoms in total. The quantitative estimate of drug-likeness (QED) is 0.845. The van der Waals surface area contributed by atoms with Gasteiger partial charge in [-0.15, -0.1) is 0 Å². The first-order valence-corrected chi connectivity index (χ1v) is 5.85. The van der Waals surface area contributed by atoms with Gasteiger partial charge in [-0.1, -0.05) is 24.3 Å². The third-order valence-electron chi connectivity index (χ3n) is 2.94. The molecule has 0 aliphatic rings. The molecule has 2 aromatic rings. The number of hydrogen-bond acceptors (Lipinski definition) is 1. The van der Waals surface area contributed by atoms with Gasteiger partial charge in [-0.05, 0) is 37.6 Å². The van der Waals surface area contributed by atoms with Gasteiger partial charge in [0.1, 0.15) is 11.6 Å². The van der Waals surface area contributed by atoms with Crippen molar-refractivity contribution in [2.75, 3.05) is 5.32 Å². The summed E-state index contributed by atoms with van der Waals surface area (Å²) in [6.07, 6.45) is 0. The first-order valence-electron chi connectivity index (χ1n) is 5.85. The molecule has 0 aliphatic heterocycles. The molecule has 2 rings (SSSR count). The summed E-state index contributed by atoms with van der Waals surface area (Å²) in [6.45, 7) is 3.73. The molecule has 0 amide bonds. The number of aryl methyl sites for hydroxylation is 1. The fourth-order valence-electron chi connectivity index (χ4n) is 1.89. The minimum atomic E-state index is -0.302. The molecule has 0 radical (unpaired) electrons. The van der Waals surface area contributed by atoms with Crippen LogP contribution in [-0.2, 0) is 0 Å². The largest absolute Gasteiger partial charge is 0.378 e. The van der Waals surface area contributed by atoms with Crippen LogP contribution < -0.4 is 5.32 Å². The van der Waals surface area contributed by atoms with Gasteiger partial charge in [0.05, 0.1) is 6.04 Å². The van der Waals surface area contributed by atoms with Crippen LogP contribution in [0.3, 0.4) is 0 Å².